The van der Waals surface area contributed by atoms with E-state index in [9.17, 15) is 4.79 Å². The Morgan fingerprint density at radius 1 is 1.22 bits per heavy atom. The van der Waals surface area contributed by atoms with Crippen molar-refractivity contribution in [3.8, 4) is 0 Å². The van der Waals surface area contributed by atoms with E-state index in [1.807, 2.05) is 0 Å². The van der Waals surface area contributed by atoms with Crippen LogP contribution in [-0.2, 0) is 10.2 Å². The second kappa shape index (κ2) is 5.13. The molecule has 1 aliphatic carbocycles. The molecule has 0 atom stereocenters. The standard InChI is InChI=1S/C16H22O2/c1-12(2)13-5-7-14(8-6-13)16(11-15(17)18)9-3-4-10-16/h5-8,12H,3-4,9-11H2,1-2H3,(H,17,18). The number of carbonyl (C=O) groups is 1. The third-order valence-electron chi connectivity index (χ3n) is 4.24. The van der Waals surface area contributed by atoms with Crippen molar-refractivity contribution in [2.75, 3.05) is 0 Å². The molecule has 18 heavy (non-hydrogen) atoms. The molecule has 0 aliphatic heterocycles. The molecule has 1 saturated carbocycles. The topological polar surface area (TPSA) is 37.3 Å². The van der Waals surface area contributed by atoms with Gasteiger partial charge in [-0.25, -0.2) is 0 Å². The first kappa shape index (κ1) is 13.1. The van der Waals surface area contributed by atoms with Crippen LogP contribution in [0.5, 0.6) is 0 Å². The van der Waals surface area contributed by atoms with Gasteiger partial charge in [0.1, 0.15) is 0 Å². The number of hydrogen-bond donors (Lipinski definition) is 1. The maximum Gasteiger partial charge on any atom is 0.304 e. The van der Waals surface area contributed by atoms with Crippen molar-refractivity contribution >= 4 is 5.97 Å². The second-order valence-corrected chi connectivity index (χ2v) is 5.83. The van der Waals surface area contributed by atoms with Crippen molar-refractivity contribution in [1.29, 1.82) is 0 Å². The lowest BCUT2D eigenvalue weighted by Gasteiger charge is -2.28. The molecule has 0 bridgehead atoms. The molecule has 1 aromatic carbocycles. The Morgan fingerprint density at radius 3 is 2.22 bits per heavy atom. The van der Waals surface area contributed by atoms with E-state index in [0.717, 1.165) is 25.7 Å². The van der Waals surface area contributed by atoms with Crippen LogP contribution in [0.25, 0.3) is 0 Å². The normalized spacial score (nSPS) is 18.2. The molecule has 2 heteroatoms. The van der Waals surface area contributed by atoms with Gasteiger partial charge >= 0.3 is 5.97 Å². The lowest BCUT2D eigenvalue weighted by molar-refractivity contribution is -0.138. The molecule has 2 rings (SSSR count). The van der Waals surface area contributed by atoms with Crippen molar-refractivity contribution in [1.82, 2.24) is 0 Å². The van der Waals surface area contributed by atoms with Gasteiger partial charge in [0, 0.05) is 5.41 Å². The summed E-state index contributed by atoms with van der Waals surface area (Å²) < 4.78 is 0. The minimum Gasteiger partial charge on any atom is -0.481 e. The Hall–Kier alpha value is -1.31. The first-order valence-corrected chi connectivity index (χ1v) is 6.86. The van der Waals surface area contributed by atoms with Crippen LogP contribution in [0, 0.1) is 0 Å². The number of carboxylic acid groups (broad SMARTS) is 1. The van der Waals surface area contributed by atoms with Gasteiger partial charge in [-0.2, -0.15) is 0 Å². The predicted octanol–water partition coefficient (Wildman–Crippen LogP) is 4.10. The number of hydrogen-bond acceptors (Lipinski definition) is 1. The van der Waals surface area contributed by atoms with Crippen molar-refractivity contribution in [3.63, 3.8) is 0 Å². The second-order valence-electron chi connectivity index (χ2n) is 5.83. The predicted molar refractivity (Wildman–Crippen MR) is 72.9 cm³/mol. The van der Waals surface area contributed by atoms with Gasteiger partial charge in [-0.05, 0) is 29.9 Å². The zero-order valence-corrected chi connectivity index (χ0v) is 11.3. The van der Waals surface area contributed by atoms with Gasteiger partial charge in [0.2, 0.25) is 0 Å². The van der Waals surface area contributed by atoms with Gasteiger partial charge in [-0.1, -0.05) is 51.0 Å². The van der Waals surface area contributed by atoms with E-state index >= 15 is 0 Å². The van der Waals surface area contributed by atoms with E-state index in [-0.39, 0.29) is 11.8 Å². The molecule has 2 nitrogen and oxygen atoms in total. The summed E-state index contributed by atoms with van der Waals surface area (Å²) in [5, 5.41) is 9.14. The van der Waals surface area contributed by atoms with E-state index in [2.05, 4.69) is 38.1 Å². The summed E-state index contributed by atoms with van der Waals surface area (Å²) in [6.45, 7) is 4.36. The van der Waals surface area contributed by atoms with Crippen LogP contribution in [0.1, 0.15) is 63.0 Å². The summed E-state index contributed by atoms with van der Waals surface area (Å²) in [5.41, 5.74) is 2.43. The lowest BCUT2D eigenvalue weighted by Crippen LogP contribution is -2.25. The quantitative estimate of drug-likeness (QED) is 0.868. The Bertz CT molecular complexity index is 411. The molecular formula is C16H22O2. The van der Waals surface area contributed by atoms with Crippen molar-refractivity contribution < 1.29 is 9.90 Å². The van der Waals surface area contributed by atoms with E-state index in [0.29, 0.717) is 5.92 Å². The van der Waals surface area contributed by atoms with Crippen LogP contribution in [0.3, 0.4) is 0 Å². The fraction of sp³-hybridized carbons (Fsp3) is 0.562. The van der Waals surface area contributed by atoms with Crippen LogP contribution in [0.4, 0.5) is 0 Å². The molecule has 0 aromatic heterocycles. The highest BCUT2D eigenvalue weighted by Gasteiger charge is 2.37. The molecular weight excluding hydrogens is 224 g/mol. The third-order valence-corrected chi connectivity index (χ3v) is 4.24. The largest absolute Gasteiger partial charge is 0.481 e. The third kappa shape index (κ3) is 2.58. The van der Waals surface area contributed by atoms with Crippen LogP contribution in [0.2, 0.25) is 0 Å². The van der Waals surface area contributed by atoms with E-state index in [1.54, 1.807) is 0 Å². The van der Waals surface area contributed by atoms with Gasteiger partial charge in [0.15, 0.2) is 0 Å². The molecule has 0 heterocycles. The maximum atomic E-state index is 11.1. The minimum atomic E-state index is -0.676. The van der Waals surface area contributed by atoms with Crippen LogP contribution in [0.15, 0.2) is 24.3 Å². The molecule has 0 amide bonds. The van der Waals surface area contributed by atoms with Gasteiger partial charge in [0.05, 0.1) is 6.42 Å². The van der Waals surface area contributed by atoms with Crippen LogP contribution >= 0.6 is 0 Å². The van der Waals surface area contributed by atoms with Crippen LogP contribution < -0.4 is 0 Å². The summed E-state index contributed by atoms with van der Waals surface area (Å²) in [6.07, 6.45) is 4.60. The van der Waals surface area contributed by atoms with E-state index in [4.69, 9.17) is 5.11 Å². The number of aliphatic carboxylic acids is 1. The first-order valence-electron chi connectivity index (χ1n) is 6.86. The number of benzene rings is 1. The lowest BCUT2D eigenvalue weighted by atomic mass is 9.76. The van der Waals surface area contributed by atoms with Gasteiger partial charge in [-0.3, -0.25) is 4.79 Å². The molecule has 1 aliphatic rings. The Morgan fingerprint density at radius 2 is 1.78 bits per heavy atom. The smallest absolute Gasteiger partial charge is 0.304 e. The summed E-state index contributed by atoms with van der Waals surface area (Å²) in [7, 11) is 0. The molecule has 0 saturated heterocycles. The average molecular weight is 246 g/mol. The molecule has 0 spiro atoms. The average Bonchev–Trinajstić information content (AvgIpc) is 2.78. The van der Waals surface area contributed by atoms with Crippen LogP contribution in [-0.4, -0.2) is 11.1 Å². The number of carboxylic acids is 1. The molecule has 1 fully saturated rings. The summed E-state index contributed by atoms with van der Waals surface area (Å²) in [6, 6.07) is 8.59. The SMILES string of the molecule is CC(C)c1ccc(C2(CC(=O)O)CCCC2)cc1. The van der Waals surface area contributed by atoms with Crippen molar-refractivity contribution in [2.45, 2.75) is 57.3 Å². The monoisotopic (exact) mass is 246 g/mol. The highest BCUT2D eigenvalue weighted by Crippen LogP contribution is 2.44. The van der Waals surface area contributed by atoms with E-state index < -0.39 is 5.97 Å². The Labute approximate surface area is 109 Å². The zero-order valence-electron chi connectivity index (χ0n) is 11.3. The Balaban J connectivity index is 2.28. The summed E-state index contributed by atoms with van der Waals surface area (Å²) in [4.78, 5) is 11.1. The maximum absolute atomic E-state index is 11.1. The van der Waals surface area contributed by atoms with E-state index in [1.165, 1.54) is 11.1 Å². The molecule has 98 valence electrons. The summed E-state index contributed by atoms with van der Waals surface area (Å²) >= 11 is 0. The van der Waals surface area contributed by atoms with Gasteiger partial charge in [0.25, 0.3) is 0 Å². The number of rotatable bonds is 4. The molecule has 0 unspecified atom stereocenters. The minimum absolute atomic E-state index is 0.110. The molecule has 1 aromatic rings. The highest BCUT2D eigenvalue weighted by molar-refractivity contribution is 5.69. The fourth-order valence-electron chi connectivity index (χ4n) is 3.13. The molecule has 0 radical (unpaired) electrons. The molecule has 1 N–H and O–H groups in total. The van der Waals surface area contributed by atoms with Gasteiger partial charge < -0.3 is 5.11 Å². The van der Waals surface area contributed by atoms with Crippen molar-refractivity contribution in [3.05, 3.63) is 35.4 Å². The fourth-order valence-corrected chi connectivity index (χ4v) is 3.13. The zero-order chi connectivity index (χ0) is 13.2. The first-order chi connectivity index (χ1) is 8.53. The summed E-state index contributed by atoms with van der Waals surface area (Å²) in [5.74, 6) is -0.150. The highest BCUT2D eigenvalue weighted by atomic mass is 16.4. The van der Waals surface area contributed by atoms with Crippen molar-refractivity contribution in [2.24, 2.45) is 0 Å². The van der Waals surface area contributed by atoms with Gasteiger partial charge in [-0.15, -0.1) is 0 Å². The Kier molecular flexibility index (Phi) is 3.74.